The average Bonchev–Trinajstić information content (AvgIpc) is 2.38. The maximum atomic E-state index is 3.51. The first-order chi connectivity index (χ1) is 7.85. The molecule has 1 N–H and O–H groups in total. The van der Waals surface area contributed by atoms with Gasteiger partial charge in [0, 0.05) is 6.04 Å². The van der Waals surface area contributed by atoms with Crippen molar-refractivity contribution in [1.29, 1.82) is 0 Å². The Balaban J connectivity index is 1.93. The largest absolute Gasteiger partial charge is 0.317 e. The van der Waals surface area contributed by atoms with E-state index in [0.29, 0.717) is 0 Å². The molecule has 1 nitrogen and oxygen atoms in total. The lowest BCUT2D eigenvalue weighted by atomic mass is 9.66. The smallest absolute Gasteiger partial charge is 0.00668 e. The van der Waals surface area contributed by atoms with Crippen molar-refractivity contribution < 1.29 is 0 Å². The van der Waals surface area contributed by atoms with Gasteiger partial charge >= 0.3 is 0 Å². The van der Waals surface area contributed by atoms with Crippen molar-refractivity contribution in [2.75, 3.05) is 7.05 Å². The second kappa shape index (κ2) is 6.05. The Morgan fingerprint density at radius 3 is 2.56 bits per heavy atom. The van der Waals surface area contributed by atoms with Crippen LogP contribution in [0.3, 0.4) is 0 Å². The Labute approximate surface area is 101 Å². The highest BCUT2D eigenvalue weighted by molar-refractivity contribution is 4.86. The Morgan fingerprint density at radius 2 is 1.81 bits per heavy atom. The lowest BCUT2D eigenvalue weighted by Gasteiger charge is -2.41. The zero-order valence-electron chi connectivity index (χ0n) is 11.2. The predicted octanol–water partition coefficient (Wildman–Crippen LogP) is 3.98. The van der Waals surface area contributed by atoms with Crippen LogP contribution in [0.4, 0.5) is 0 Å². The minimum absolute atomic E-state index is 0.818. The molecule has 0 saturated heterocycles. The van der Waals surface area contributed by atoms with Crippen molar-refractivity contribution in [3.8, 4) is 0 Å². The van der Waals surface area contributed by atoms with Gasteiger partial charge in [0.1, 0.15) is 0 Å². The fourth-order valence-corrected chi connectivity index (χ4v) is 4.24. The van der Waals surface area contributed by atoms with E-state index in [-0.39, 0.29) is 0 Å². The van der Waals surface area contributed by atoms with Crippen LogP contribution in [0.25, 0.3) is 0 Å². The molecule has 0 aromatic heterocycles. The third kappa shape index (κ3) is 2.80. The minimum atomic E-state index is 0.818. The van der Waals surface area contributed by atoms with Crippen molar-refractivity contribution in [3.63, 3.8) is 0 Å². The fraction of sp³-hybridized carbons (Fsp3) is 1.00. The summed E-state index contributed by atoms with van der Waals surface area (Å²) in [5.74, 6) is 3.15. The van der Waals surface area contributed by atoms with Gasteiger partial charge in [-0.15, -0.1) is 0 Å². The van der Waals surface area contributed by atoms with Crippen molar-refractivity contribution in [2.24, 2.45) is 17.8 Å². The van der Waals surface area contributed by atoms with E-state index >= 15 is 0 Å². The zero-order chi connectivity index (χ0) is 11.4. The lowest BCUT2D eigenvalue weighted by Crippen LogP contribution is -2.36. The zero-order valence-corrected chi connectivity index (χ0v) is 11.2. The molecule has 0 radical (unpaired) electrons. The second-order valence-electron chi connectivity index (χ2n) is 6.03. The summed E-state index contributed by atoms with van der Waals surface area (Å²) >= 11 is 0. The van der Waals surface area contributed by atoms with E-state index in [4.69, 9.17) is 0 Å². The highest BCUT2D eigenvalue weighted by Crippen LogP contribution is 2.42. The Bertz CT molecular complexity index is 202. The second-order valence-corrected chi connectivity index (χ2v) is 6.03. The van der Waals surface area contributed by atoms with Crippen molar-refractivity contribution in [1.82, 2.24) is 5.32 Å². The van der Waals surface area contributed by atoms with E-state index in [1.165, 1.54) is 57.8 Å². The molecule has 0 aromatic carbocycles. The number of hydrogen-bond donors (Lipinski definition) is 1. The highest BCUT2D eigenvalue weighted by Gasteiger charge is 2.33. The van der Waals surface area contributed by atoms with Gasteiger partial charge in [-0.25, -0.2) is 0 Å². The Kier molecular flexibility index (Phi) is 4.69. The lowest BCUT2D eigenvalue weighted by molar-refractivity contribution is 0.114. The van der Waals surface area contributed by atoms with Crippen molar-refractivity contribution in [2.45, 2.75) is 70.8 Å². The summed E-state index contributed by atoms with van der Waals surface area (Å²) in [4.78, 5) is 0. The van der Waals surface area contributed by atoms with Gasteiger partial charge in [0.15, 0.2) is 0 Å². The molecule has 16 heavy (non-hydrogen) atoms. The van der Waals surface area contributed by atoms with Gasteiger partial charge in [-0.2, -0.15) is 0 Å². The number of rotatable bonds is 3. The van der Waals surface area contributed by atoms with Gasteiger partial charge in [-0.3, -0.25) is 0 Å². The normalized spacial score (nSPS) is 40.9. The molecule has 0 aromatic rings. The molecule has 94 valence electrons. The monoisotopic (exact) mass is 223 g/mol. The first-order valence-electron chi connectivity index (χ1n) is 7.52. The third-order valence-electron chi connectivity index (χ3n) is 5.22. The van der Waals surface area contributed by atoms with Crippen LogP contribution in [0.2, 0.25) is 0 Å². The molecular formula is C15H29N. The van der Waals surface area contributed by atoms with Crippen molar-refractivity contribution >= 4 is 0 Å². The van der Waals surface area contributed by atoms with Crippen molar-refractivity contribution in [3.05, 3.63) is 0 Å². The summed E-state index contributed by atoms with van der Waals surface area (Å²) in [7, 11) is 2.14. The summed E-state index contributed by atoms with van der Waals surface area (Å²) in [6.45, 7) is 2.40. The van der Waals surface area contributed by atoms with Gasteiger partial charge in [-0.1, -0.05) is 45.4 Å². The van der Waals surface area contributed by atoms with Crippen LogP contribution in [-0.4, -0.2) is 13.1 Å². The van der Waals surface area contributed by atoms with E-state index in [1.807, 2.05) is 0 Å². The van der Waals surface area contributed by atoms with E-state index in [1.54, 1.807) is 0 Å². The van der Waals surface area contributed by atoms with Crippen LogP contribution >= 0.6 is 0 Å². The molecular weight excluding hydrogens is 194 g/mol. The standard InChI is InChI=1S/C15H29N/c1-3-12-7-4-5-10-15(12)13-8-6-9-14(11-13)16-2/h12-16H,3-11H2,1-2H3. The van der Waals surface area contributed by atoms with Gasteiger partial charge in [0.2, 0.25) is 0 Å². The van der Waals surface area contributed by atoms with E-state index in [9.17, 15) is 0 Å². The topological polar surface area (TPSA) is 12.0 Å². The number of nitrogens with one attached hydrogen (secondary N) is 1. The minimum Gasteiger partial charge on any atom is -0.317 e. The first kappa shape index (κ1) is 12.4. The Hall–Kier alpha value is -0.0400. The van der Waals surface area contributed by atoms with E-state index in [2.05, 4.69) is 19.3 Å². The van der Waals surface area contributed by atoms with E-state index < -0.39 is 0 Å². The van der Waals surface area contributed by atoms with Gasteiger partial charge < -0.3 is 5.32 Å². The SMILES string of the molecule is CCC1CCCCC1C1CCCC(NC)C1. The van der Waals surface area contributed by atoms with Gasteiger partial charge in [0.25, 0.3) is 0 Å². The van der Waals surface area contributed by atoms with Gasteiger partial charge in [-0.05, 0) is 44.1 Å². The molecule has 0 bridgehead atoms. The predicted molar refractivity (Wildman–Crippen MR) is 70.5 cm³/mol. The molecule has 4 unspecified atom stereocenters. The molecule has 2 saturated carbocycles. The summed E-state index contributed by atoms with van der Waals surface area (Å²) < 4.78 is 0. The van der Waals surface area contributed by atoms with Crippen LogP contribution in [0.5, 0.6) is 0 Å². The van der Waals surface area contributed by atoms with Gasteiger partial charge in [0.05, 0.1) is 0 Å². The molecule has 2 aliphatic carbocycles. The summed E-state index contributed by atoms with van der Waals surface area (Å²) in [5.41, 5.74) is 0. The quantitative estimate of drug-likeness (QED) is 0.763. The molecule has 1 heteroatoms. The summed E-state index contributed by atoms with van der Waals surface area (Å²) in [6, 6.07) is 0.818. The van der Waals surface area contributed by atoms with Crippen LogP contribution in [0.1, 0.15) is 64.7 Å². The number of hydrogen-bond acceptors (Lipinski definition) is 1. The fourth-order valence-electron chi connectivity index (χ4n) is 4.24. The molecule has 0 amide bonds. The maximum absolute atomic E-state index is 3.51. The molecule has 0 aliphatic heterocycles. The van der Waals surface area contributed by atoms with E-state index in [0.717, 1.165) is 23.8 Å². The molecule has 0 spiro atoms. The van der Waals surface area contributed by atoms with Crippen LogP contribution in [0, 0.1) is 17.8 Å². The van der Waals surface area contributed by atoms with Crippen LogP contribution in [-0.2, 0) is 0 Å². The summed E-state index contributed by atoms with van der Waals surface area (Å²) in [5, 5.41) is 3.51. The first-order valence-corrected chi connectivity index (χ1v) is 7.52. The third-order valence-corrected chi connectivity index (χ3v) is 5.22. The van der Waals surface area contributed by atoms with Crippen LogP contribution in [0.15, 0.2) is 0 Å². The molecule has 2 aliphatic rings. The highest BCUT2D eigenvalue weighted by atomic mass is 14.9. The molecule has 0 heterocycles. The Morgan fingerprint density at radius 1 is 1.00 bits per heavy atom. The molecule has 2 rings (SSSR count). The average molecular weight is 223 g/mol. The molecule has 4 atom stereocenters. The summed E-state index contributed by atoms with van der Waals surface area (Å²) in [6.07, 6.45) is 13.3. The van der Waals surface area contributed by atoms with Crippen LogP contribution < -0.4 is 5.32 Å². The maximum Gasteiger partial charge on any atom is 0.00668 e. The molecule has 2 fully saturated rings.